The third-order valence-corrected chi connectivity index (χ3v) is 2.55. The van der Waals surface area contributed by atoms with Gasteiger partial charge in [0.1, 0.15) is 11.5 Å². The summed E-state index contributed by atoms with van der Waals surface area (Å²) in [5.41, 5.74) is 7.21. The molecule has 2 aromatic rings. The molecule has 0 bridgehead atoms. The standard InChI is InChI=1S/C14H15NO3/c1-17-12-6-7-13(15)14(8-12)18-11-4-2-10(9-16)3-5-11/h2-8,16H,9,15H2,1H3. The topological polar surface area (TPSA) is 64.7 Å². The van der Waals surface area contributed by atoms with Gasteiger partial charge in [-0.25, -0.2) is 0 Å². The van der Waals surface area contributed by atoms with Crippen molar-refractivity contribution in [1.82, 2.24) is 0 Å². The molecule has 0 aromatic heterocycles. The van der Waals surface area contributed by atoms with Gasteiger partial charge < -0.3 is 20.3 Å². The van der Waals surface area contributed by atoms with E-state index in [1.807, 2.05) is 0 Å². The van der Waals surface area contributed by atoms with Crippen LogP contribution in [0, 0.1) is 0 Å². The first-order valence-corrected chi connectivity index (χ1v) is 5.54. The Hall–Kier alpha value is -2.20. The molecule has 0 aliphatic heterocycles. The number of benzene rings is 2. The molecule has 4 nitrogen and oxygen atoms in total. The second-order valence-electron chi connectivity index (χ2n) is 3.81. The van der Waals surface area contributed by atoms with Crippen LogP contribution < -0.4 is 15.2 Å². The van der Waals surface area contributed by atoms with Crippen LogP contribution in [0.25, 0.3) is 0 Å². The van der Waals surface area contributed by atoms with Crippen LogP contribution >= 0.6 is 0 Å². The highest BCUT2D eigenvalue weighted by molar-refractivity contribution is 5.57. The maximum Gasteiger partial charge on any atom is 0.153 e. The molecule has 3 N–H and O–H groups in total. The normalized spacial score (nSPS) is 10.1. The number of methoxy groups -OCH3 is 1. The summed E-state index contributed by atoms with van der Waals surface area (Å²) in [5.74, 6) is 1.89. The Bertz CT molecular complexity index is 523. The summed E-state index contributed by atoms with van der Waals surface area (Å²) >= 11 is 0. The molecule has 18 heavy (non-hydrogen) atoms. The highest BCUT2D eigenvalue weighted by Crippen LogP contribution is 2.31. The van der Waals surface area contributed by atoms with Crippen LogP contribution in [0.1, 0.15) is 5.56 Å². The second kappa shape index (κ2) is 5.42. The van der Waals surface area contributed by atoms with E-state index < -0.39 is 0 Å². The van der Waals surface area contributed by atoms with Crippen LogP contribution in [0.4, 0.5) is 5.69 Å². The molecule has 0 unspecified atom stereocenters. The number of ether oxygens (including phenoxy) is 2. The fourth-order valence-electron chi connectivity index (χ4n) is 1.52. The molecule has 0 saturated carbocycles. The monoisotopic (exact) mass is 245 g/mol. The predicted octanol–water partition coefficient (Wildman–Crippen LogP) is 2.56. The lowest BCUT2D eigenvalue weighted by Crippen LogP contribution is -1.93. The zero-order valence-electron chi connectivity index (χ0n) is 10.1. The van der Waals surface area contributed by atoms with E-state index in [-0.39, 0.29) is 6.61 Å². The molecule has 0 spiro atoms. The van der Waals surface area contributed by atoms with Crippen LogP contribution in [-0.2, 0) is 6.61 Å². The molecule has 0 amide bonds. The lowest BCUT2D eigenvalue weighted by molar-refractivity contribution is 0.281. The van der Waals surface area contributed by atoms with Crippen molar-refractivity contribution < 1.29 is 14.6 Å². The SMILES string of the molecule is COc1ccc(N)c(Oc2ccc(CO)cc2)c1. The lowest BCUT2D eigenvalue weighted by atomic mass is 10.2. The van der Waals surface area contributed by atoms with Crippen molar-refractivity contribution in [1.29, 1.82) is 0 Å². The van der Waals surface area contributed by atoms with Crippen LogP contribution in [-0.4, -0.2) is 12.2 Å². The summed E-state index contributed by atoms with van der Waals surface area (Å²) in [6.07, 6.45) is 0. The summed E-state index contributed by atoms with van der Waals surface area (Å²) in [5, 5.41) is 8.95. The highest BCUT2D eigenvalue weighted by Gasteiger charge is 2.04. The lowest BCUT2D eigenvalue weighted by Gasteiger charge is -2.10. The Morgan fingerprint density at radius 3 is 2.33 bits per heavy atom. The second-order valence-corrected chi connectivity index (χ2v) is 3.81. The Labute approximate surface area is 106 Å². The summed E-state index contributed by atoms with van der Waals surface area (Å²) in [6, 6.07) is 12.4. The number of nitrogens with two attached hydrogens (primary N) is 1. The van der Waals surface area contributed by atoms with Crippen LogP contribution in [0.5, 0.6) is 17.2 Å². The predicted molar refractivity (Wildman–Crippen MR) is 69.8 cm³/mol. The number of rotatable bonds is 4. The molecule has 4 heteroatoms. The van der Waals surface area contributed by atoms with Crippen molar-refractivity contribution in [2.75, 3.05) is 12.8 Å². The van der Waals surface area contributed by atoms with Crippen molar-refractivity contribution in [3.05, 3.63) is 48.0 Å². The number of aliphatic hydroxyl groups excluding tert-OH is 1. The van der Waals surface area contributed by atoms with Gasteiger partial charge in [0.25, 0.3) is 0 Å². The molecule has 0 atom stereocenters. The molecule has 2 aromatic carbocycles. The molecular weight excluding hydrogens is 230 g/mol. The van der Waals surface area contributed by atoms with E-state index >= 15 is 0 Å². The highest BCUT2D eigenvalue weighted by atomic mass is 16.5. The molecule has 0 aliphatic carbocycles. The summed E-state index contributed by atoms with van der Waals surface area (Å²) in [6.45, 7) is 0.0155. The van der Waals surface area contributed by atoms with Gasteiger partial charge in [-0.1, -0.05) is 12.1 Å². The largest absolute Gasteiger partial charge is 0.497 e. The van der Waals surface area contributed by atoms with Gasteiger partial charge in [-0.15, -0.1) is 0 Å². The Kier molecular flexibility index (Phi) is 3.69. The first-order chi connectivity index (χ1) is 8.72. The minimum Gasteiger partial charge on any atom is -0.497 e. The quantitative estimate of drug-likeness (QED) is 0.812. The Morgan fingerprint density at radius 1 is 1.06 bits per heavy atom. The van der Waals surface area contributed by atoms with Gasteiger partial charge in [0.15, 0.2) is 5.75 Å². The maximum atomic E-state index is 8.95. The number of hydrogen-bond acceptors (Lipinski definition) is 4. The molecular formula is C14H15NO3. The minimum absolute atomic E-state index is 0.0155. The van der Waals surface area contributed by atoms with E-state index in [0.717, 1.165) is 5.56 Å². The molecule has 0 saturated heterocycles. The number of anilines is 1. The van der Waals surface area contributed by atoms with Crippen molar-refractivity contribution in [2.24, 2.45) is 0 Å². The van der Waals surface area contributed by atoms with Crippen LogP contribution in [0.3, 0.4) is 0 Å². The smallest absolute Gasteiger partial charge is 0.153 e. The van der Waals surface area contributed by atoms with Gasteiger partial charge in [0.05, 0.1) is 19.4 Å². The van der Waals surface area contributed by atoms with Gasteiger partial charge in [-0.3, -0.25) is 0 Å². The van der Waals surface area contributed by atoms with Crippen molar-refractivity contribution in [2.45, 2.75) is 6.61 Å². The molecule has 0 heterocycles. The average molecular weight is 245 g/mol. The zero-order valence-corrected chi connectivity index (χ0v) is 10.1. The van der Waals surface area contributed by atoms with Gasteiger partial charge in [0.2, 0.25) is 0 Å². The summed E-state index contributed by atoms with van der Waals surface area (Å²) in [7, 11) is 1.59. The fraction of sp³-hybridized carbons (Fsp3) is 0.143. The average Bonchev–Trinajstić information content (AvgIpc) is 2.42. The Balaban J connectivity index is 2.21. The van der Waals surface area contributed by atoms with E-state index in [1.54, 1.807) is 49.6 Å². The summed E-state index contributed by atoms with van der Waals surface area (Å²) < 4.78 is 10.8. The number of aliphatic hydroxyl groups is 1. The Morgan fingerprint density at radius 2 is 1.72 bits per heavy atom. The zero-order chi connectivity index (χ0) is 13.0. The van der Waals surface area contributed by atoms with E-state index in [1.165, 1.54) is 0 Å². The van der Waals surface area contributed by atoms with Crippen molar-refractivity contribution in [3.8, 4) is 17.2 Å². The van der Waals surface area contributed by atoms with Crippen molar-refractivity contribution in [3.63, 3.8) is 0 Å². The maximum absolute atomic E-state index is 8.95. The summed E-state index contributed by atoms with van der Waals surface area (Å²) in [4.78, 5) is 0. The molecule has 0 fully saturated rings. The first kappa shape index (κ1) is 12.3. The van der Waals surface area contributed by atoms with Crippen LogP contribution in [0.2, 0.25) is 0 Å². The number of hydrogen-bond donors (Lipinski definition) is 2. The molecule has 94 valence electrons. The van der Waals surface area contributed by atoms with Gasteiger partial charge in [-0.2, -0.15) is 0 Å². The minimum atomic E-state index is 0.0155. The van der Waals surface area contributed by atoms with Crippen molar-refractivity contribution >= 4 is 5.69 Å². The first-order valence-electron chi connectivity index (χ1n) is 5.54. The molecule has 2 rings (SSSR count). The van der Waals surface area contributed by atoms with Gasteiger partial charge >= 0.3 is 0 Å². The third-order valence-electron chi connectivity index (χ3n) is 2.55. The van der Waals surface area contributed by atoms with Crippen LogP contribution in [0.15, 0.2) is 42.5 Å². The molecule has 0 radical (unpaired) electrons. The van der Waals surface area contributed by atoms with E-state index in [4.69, 9.17) is 20.3 Å². The fourth-order valence-corrected chi connectivity index (χ4v) is 1.52. The van der Waals surface area contributed by atoms with Gasteiger partial charge in [-0.05, 0) is 29.8 Å². The van der Waals surface area contributed by atoms with E-state index in [9.17, 15) is 0 Å². The van der Waals surface area contributed by atoms with Gasteiger partial charge in [0, 0.05) is 6.07 Å². The van der Waals surface area contributed by atoms with E-state index in [0.29, 0.717) is 22.9 Å². The number of nitrogen functional groups attached to an aromatic ring is 1. The van der Waals surface area contributed by atoms with E-state index in [2.05, 4.69) is 0 Å². The molecule has 0 aliphatic rings. The third kappa shape index (κ3) is 2.73.